The number of anilines is 2. The van der Waals surface area contributed by atoms with Gasteiger partial charge in [0.1, 0.15) is 0 Å². The quantitative estimate of drug-likeness (QED) is 0.621. The summed E-state index contributed by atoms with van der Waals surface area (Å²) in [5.41, 5.74) is 5.14. The zero-order valence-electron chi connectivity index (χ0n) is 8.62. The standard InChI is InChI=1S/C14H11N/c1-15-13-8-4-2-6-11(13)10-12-7-3-5-9-14(12)15/h2-4,6-8H,10H2,1H3. The average Bonchev–Trinajstić information content (AvgIpc) is 2.30. The van der Waals surface area contributed by atoms with Crippen molar-refractivity contribution in [2.24, 2.45) is 0 Å². The minimum absolute atomic E-state index is 1.00. The molecule has 0 N–H and O–H groups in total. The molecule has 72 valence electrons. The number of hydrogen-bond donors (Lipinski definition) is 0. The maximum atomic E-state index is 3.18. The predicted molar refractivity (Wildman–Crippen MR) is 61.4 cm³/mol. The molecule has 0 fully saturated rings. The van der Waals surface area contributed by atoms with Crippen molar-refractivity contribution in [3.8, 4) is 0 Å². The van der Waals surface area contributed by atoms with Gasteiger partial charge in [-0.05, 0) is 35.4 Å². The minimum Gasteiger partial charge on any atom is -0.337 e. The Morgan fingerprint density at radius 1 is 1.13 bits per heavy atom. The summed E-state index contributed by atoms with van der Waals surface area (Å²) in [6, 6.07) is 18.8. The molecule has 0 spiro atoms. The molecule has 2 aromatic rings. The fraction of sp³-hybridized carbons (Fsp3) is 0.143. The van der Waals surface area contributed by atoms with Gasteiger partial charge in [0.25, 0.3) is 0 Å². The van der Waals surface area contributed by atoms with E-state index in [-0.39, 0.29) is 0 Å². The molecule has 0 aromatic heterocycles. The smallest absolute Gasteiger partial charge is 0.0960 e. The number of hydrogen-bond acceptors (Lipinski definition) is 1. The van der Waals surface area contributed by atoms with Gasteiger partial charge in [-0.3, -0.25) is 0 Å². The molecule has 0 aliphatic carbocycles. The van der Waals surface area contributed by atoms with Crippen LogP contribution in [0.25, 0.3) is 0 Å². The Hall–Kier alpha value is -1.94. The van der Waals surface area contributed by atoms with Gasteiger partial charge in [-0.25, -0.2) is 0 Å². The van der Waals surface area contributed by atoms with Crippen LogP contribution in [0.2, 0.25) is 0 Å². The zero-order chi connectivity index (χ0) is 10.3. The Morgan fingerprint density at radius 3 is 2.93 bits per heavy atom. The molecule has 0 amide bonds. The summed E-state index contributed by atoms with van der Waals surface area (Å²) in [6.07, 6.45) is 1.00. The summed E-state index contributed by atoms with van der Waals surface area (Å²) in [4.78, 5) is 2.19. The van der Waals surface area contributed by atoms with E-state index in [1.54, 1.807) is 0 Å². The van der Waals surface area contributed by atoms with Crippen LogP contribution >= 0.6 is 0 Å². The van der Waals surface area contributed by atoms with E-state index in [4.69, 9.17) is 0 Å². The van der Waals surface area contributed by atoms with Gasteiger partial charge in [0.2, 0.25) is 0 Å². The Balaban J connectivity index is 2.20. The van der Waals surface area contributed by atoms with Gasteiger partial charge in [0.05, 0.1) is 5.69 Å². The third-order valence-corrected chi connectivity index (χ3v) is 2.93. The van der Waals surface area contributed by atoms with Gasteiger partial charge >= 0.3 is 0 Å². The van der Waals surface area contributed by atoms with Crippen molar-refractivity contribution in [2.45, 2.75) is 6.42 Å². The molecule has 0 unspecified atom stereocenters. The number of rotatable bonds is 0. The SMILES string of the molecule is CN1c2c#cccc2Cc2ccccc21. The maximum absolute atomic E-state index is 3.18. The fourth-order valence-corrected chi connectivity index (χ4v) is 2.17. The van der Waals surface area contributed by atoms with Crippen LogP contribution in [0.15, 0.2) is 36.4 Å². The third-order valence-electron chi connectivity index (χ3n) is 2.93. The molecule has 1 heterocycles. The molecule has 0 saturated carbocycles. The lowest BCUT2D eigenvalue weighted by molar-refractivity contribution is 1.06. The molecule has 1 nitrogen and oxygen atoms in total. The second-order valence-corrected chi connectivity index (χ2v) is 3.84. The Kier molecular flexibility index (Phi) is 1.69. The van der Waals surface area contributed by atoms with E-state index in [1.165, 1.54) is 16.8 Å². The van der Waals surface area contributed by atoms with Gasteiger partial charge in [-0.15, -0.1) is 0 Å². The summed E-state index contributed by atoms with van der Waals surface area (Å²) in [5, 5.41) is 0. The fourth-order valence-electron chi connectivity index (χ4n) is 2.17. The van der Waals surface area contributed by atoms with Crippen molar-refractivity contribution in [1.82, 2.24) is 0 Å². The first kappa shape index (κ1) is 8.38. The van der Waals surface area contributed by atoms with Gasteiger partial charge in [-0.1, -0.05) is 24.3 Å². The van der Waals surface area contributed by atoms with E-state index in [0.29, 0.717) is 0 Å². The van der Waals surface area contributed by atoms with Crippen LogP contribution in [0.1, 0.15) is 11.1 Å². The lowest BCUT2D eigenvalue weighted by atomic mass is 9.97. The molecular formula is C14H11N. The Bertz CT molecular complexity index is 457. The van der Waals surface area contributed by atoms with E-state index in [1.807, 2.05) is 6.07 Å². The Labute approximate surface area is 90.0 Å². The molecule has 1 heteroatoms. The number of para-hydroxylation sites is 1. The Morgan fingerprint density at radius 2 is 2.00 bits per heavy atom. The lowest BCUT2D eigenvalue weighted by Gasteiger charge is -2.28. The van der Waals surface area contributed by atoms with Gasteiger partial charge in [-0.2, -0.15) is 0 Å². The first-order valence-corrected chi connectivity index (χ1v) is 5.09. The molecule has 0 saturated heterocycles. The van der Waals surface area contributed by atoms with Crippen molar-refractivity contribution < 1.29 is 0 Å². The summed E-state index contributed by atoms with van der Waals surface area (Å²) in [6.45, 7) is 0. The molecule has 15 heavy (non-hydrogen) atoms. The number of fused-ring (bicyclic) bond motifs is 2. The van der Waals surface area contributed by atoms with E-state index in [9.17, 15) is 0 Å². The van der Waals surface area contributed by atoms with Gasteiger partial charge in [0, 0.05) is 19.2 Å². The van der Waals surface area contributed by atoms with Crippen LogP contribution < -0.4 is 4.90 Å². The molecular weight excluding hydrogens is 182 g/mol. The second kappa shape index (κ2) is 3.03. The van der Waals surface area contributed by atoms with E-state index in [0.717, 1.165) is 12.1 Å². The van der Waals surface area contributed by atoms with Crippen molar-refractivity contribution >= 4 is 11.4 Å². The van der Waals surface area contributed by atoms with Crippen LogP contribution in [-0.4, -0.2) is 7.05 Å². The predicted octanol–water partition coefficient (Wildman–Crippen LogP) is 2.96. The van der Waals surface area contributed by atoms with Crippen LogP contribution in [0.3, 0.4) is 0 Å². The first-order chi connectivity index (χ1) is 7.36. The van der Waals surface area contributed by atoms with Crippen molar-refractivity contribution in [1.29, 1.82) is 0 Å². The topological polar surface area (TPSA) is 3.24 Å². The molecule has 0 radical (unpaired) electrons. The second-order valence-electron chi connectivity index (χ2n) is 3.84. The molecule has 0 bridgehead atoms. The molecule has 3 rings (SSSR count). The van der Waals surface area contributed by atoms with E-state index >= 15 is 0 Å². The summed E-state index contributed by atoms with van der Waals surface area (Å²) in [7, 11) is 2.08. The minimum atomic E-state index is 1.00. The normalized spacial score (nSPS) is 12.7. The highest BCUT2D eigenvalue weighted by Crippen LogP contribution is 2.35. The summed E-state index contributed by atoms with van der Waals surface area (Å²) < 4.78 is 0. The lowest BCUT2D eigenvalue weighted by Crippen LogP contribution is -2.17. The van der Waals surface area contributed by atoms with E-state index < -0.39 is 0 Å². The van der Waals surface area contributed by atoms with Crippen LogP contribution in [-0.2, 0) is 6.42 Å². The first-order valence-electron chi connectivity index (χ1n) is 5.09. The molecule has 2 aromatic carbocycles. The number of benzene rings is 1. The van der Waals surface area contributed by atoms with Crippen LogP contribution in [0.5, 0.6) is 0 Å². The highest BCUT2D eigenvalue weighted by atomic mass is 15.1. The van der Waals surface area contributed by atoms with Gasteiger partial charge in [0.15, 0.2) is 0 Å². The van der Waals surface area contributed by atoms with Crippen LogP contribution in [0, 0.1) is 12.1 Å². The summed E-state index contributed by atoms with van der Waals surface area (Å²) in [5.74, 6) is 0. The van der Waals surface area contributed by atoms with Crippen molar-refractivity contribution in [3.05, 3.63) is 59.7 Å². The zero-order valence-corrected chi connectivity index (χ0v) is 8.62. The monoisotopic (exact) mass is 193 g/mol. The van der Waals surface area contributed by atoms with Gasteiger partial charge < -0.3 is 4.90 Å². The number of nitrogens with zero attached hydrogens (tertiary/aromatic N) is 1. The maximum Gasteiger partial charge on any atom is 0.0960 e. The van der Waals surface area contributed by atoms with E-state index in [2.05, 4.69) is 54.4 Å². The summed E-state index contributed by atoms with van der Waals surface area (Å²) >= 11 is 0. The highest BCUT2D eigenvalue weighted by Gasteiger charge is 2.18. The molecule has 1 aliphatic rings. The van der Waals surface area contributed by atoms with Crippen molar-refractivity contribution in [2.75, 3.05) is 11.9 Å². The highest BCUT2D eigenvalue weighted by molar-refractivity contribution is 5.72. The largest absolute Gasteiger partial charge is 0.337 e. The molecule has 0 atom stereocenters. The average molecular weight is 193 g/mol. The third kappa shape index (κ3) is 1.19. The van der Waals surface area contributed by atoms with Crippen molar-refractivity contribution in [3.63, 3.8) is 0 Å². The van der Waals surface area contributed by atoms with Crippen LogP contribution in [0.4, 0.5) is 11.4 Å². The molecule has 1 aliphatic heterocycles.